The van der Waals surface area contributed by atoms with Crippen LogP contribution in [-0.2, 0) is 14.0 Å². The Bertz CT molecular complexity index is 345. The van der Waals surface area contributed by atoms with Gasteiger partial charge in [0.05, 0.1) is 18.7 Å². The zero-order chi connectivity index (χ0) is 13.3. The highest BCUT2D eigenvalue weighted by Gasteiger charge is 2.45. The second kappa shape index (κ2) is 5.40. The molecular formula is C12H21N2O3P. The molecule has 102 valence electrons. The third kappa shape index (κ3) is 2.68. The number of hydrogen-bond donors (Lipinski definition) is 0. The summed E-state index contributed by atoms with van der Waals surface area (Å²) in [4.78, 5) is 2.09. The monoisotopic (exact) mass is 272 g/mol. The number of nitrogens with zero attached hydrogens (tertiary/aromatic N) is 2. The van der Waals surface area contributed by atoms with Crippen molar-refractivity contribution in [3.63, 3.8) is 0 Å². The van der Waals surface area contributed by atoms with E-state index in [0.717, 1.165) is 12.8 Å². The molecule has 0 aliphatic carbocycles. The lowest BCUT2D eigenvalue weighted by Gasteiger charge is -2.32. The minimum atomic E-state index is -0.544. The van der Waals surface area contributed by atoms with E-state index in [-0.39, 0.29) is 24.3 Å². The Hall–Kier alpha value is -0.240. The van der Waals surface area contributed by atoms with Gasteiger partial charge in [0.15, 0.2) is 5.79 Å². The van der Waals surface area contributed by atoms with Crippen LogP contribution in [0.1, 0.15) is 26.7 Å². The maximum absolute atomic E-state index is 9.06. The zero-order valence-corrected chi connectivity index (χ0v) is 12.3. The highest BCUT2D eigenvalue weighted by atomic mass is 31.0. The Labute approximate surface area is 111 Å². The topological polar surface area (TPSA) is 54.7 Å². The first kappa shape index (κ1) is 14.2. The average molecular weight is 272 g/mol. The summed E-state index contributed by atoms with van der Waals surface area (Å²) in [6.45, 7) is 4.35. The number of rotatable bonds is 3. The summed E-state index contributed by atoms with van der Waals surface area (Å²) in [5.41, 5.74) is 0. The van der Waals surface area contributed by atoms with Crippen LogP contribution >= 0.6 is 9.47 Å². The average Bonchev–Trinajstić information content (AvgIpc) is 2.85. The SMILES string of the molecule is CN1C(C#N)CCC1C(OP)C1COC(C)(C)O1. The maximum atomic E-state index is 9.06. The molecule has 0 spiro atoms. The number of likely N-dealkylation sites (tertiary alicyclic amines) is 1. The molecule has 0 bridgehead atoms. The molecule has 6 heteroatoms. The first-order chi connectivity index (χ1) is 8.48. The Morgan fingerprint density at radius 3 is 2.67 bits per heavy atom. The first-order valence-electron chi connectivity index (χ1n) is 6.27. The summed E-state index contributed by atoms with van der Waals surface area (Å²) in [6.07, 6.45) is 1.68. The van der Waals surface area contributed by atoms with E-state index in [1.54, 1.807) is 0 Å². The van der Waals surface area contributed by atoms with Crippen molar-refractivity contribution in [2.75, 3.05) is 13.7 Å². The number of ether oxygens (including phenoxy) is 2. The van der Waals surface area contributed by atoms with E-state index >= 15 is 0 Å². The van der Waals surface area contributed by atoms with Gasteiger partial charge in [0, 0.05) is 15.5 Å². The fourth-order valence-electron chi connectivity index (χ4n) is 2.82. The fourth-order valence-corrected chi connectivity index (χ4v) is 3.18. The van der Waals surface area contributed by atoms with Gasteiger partial charge in [-0.25, -0.2) is 0 Å². The quantitative estimate of drug-likeness (QED) is 0.725. The summed E-state index contributed by atoms with van der Waals surface area (Å²) in [7, 11) is 4.30. The molecule has 2 aliphatic heterocycles. The molecule has 2 aliphatic rings. The van der Waals surface area contributed by atoms with Crippen molar-refractivity contribution in [3.05, 3.63) is 0 Å². The molecule has 5 unspecified atom stereocenters. The molecule has 0 aromatic heterocycles. The van der Waals surface area contributed by atoms with Gasteiger partial charge in [0.1, 0.15) is 12.2 Å². The second-order valence-corrected chi connectivity index (χ2v) is 5.70. The lowest BCUT2D eigenvalue weighted by Crippen LogP contribution is -2.47. The molecule has 5 nitrogen and oxygen atoms in total. The summed E-state index contributed by atoms with van der Waals surface area (Å²) in [5, 5.41) is 9.06. The van der Waals surface area contributed by atoms with Crippen LogP contribution in [0.2, 0.25) is 0 Å². The molecule has 2 saturated heterocycles. The number of nitriles is 1. The Morgan fingerprint density at radius 1 is 1.50 bits per heavy atom. The zero-order valence-electron chi connectivity index (χ0n) is 11.1. The lowest BCUT2D eigenvalue weighted by molar-refractivity contribution is -0.151. The van der Waals surface area contributed by atoms with Gasteiger partial charge in [0.2, 0.25) is 0 Å². The smallest absolute Gasteiger partial charge is 0.163 e. The van der Waals surface area contributed by atoms with Crippen LogP contribution in [-0.4, -0.2) is 48.6 Å². The molecule has 0 aromatic rings. The molecule has 2 heterocycles. The fraction of sp³-hybridized carbons (Fsp3) is 0.917. The van der Waals surface area contributed by atoms with Crippen LogP contribution in [0.3, 0.4) is 0 Å². The standard InChI is InChI=1S/C12H21N2O3P/c1-12(2)15-7-10(16-12)11(17-18)9-5-4-8(6-13)14(9)3/h8-11H,4-5,7,18H2,1-3H3. The largest absolute Gasteiger partial charge is 0.358 e. The van der Waals surface area contributed by atoms with Gasteiger partial charge in [-0.05, 0) is 33.7 Å². The molecule has 0 aromatic carbocycles. The molecule has 5 atom stereocenters. The maximum Gasteiger partial charge on any atom is 0.163 e. The van der Waals surface area contributed by atoms with Gasteiger partial charge < -0.3 is 14.0 Å². The third-order valence-corrected chi connectivity index (χ3v) is 4.15. The predicted molar refractivity (Wildman–Crippen MR) is 69.7 cm³/mol. The molecular weight excluding hydrogens is 251 g/mol. The van der Waals surface area contributed by atoms with E-state index in [1.165, 1.54) is 0 Å². The first-order valence-corrected chi connectivity index (χ1v) is 6.74. The van der Waals surface area contributed by atoms with Crippen LogP contribution in [0.5, 0.6) is 0 Å². The molecule has 2 rings (SSSR count). The molecule has 2 fully saturated rings. The Kier molecular flexibility index (Phi) is 4.25. The van der Waals surface area contributed by atoms with Crippen molar-refractivity contribution >= 4 is 9.47 Å². The summed E-state index contributed by atoms with van der Waals surface area (Å²) < 4.78 is 17.0. The van der Waals surface area contributed by atoms with Crippen LogP contribution in [0.25, 0.3) is 0 Å². The number of likely N-dealkylation sites (N-methyl/N-ethyl adjacent to an activating group) is 1. The van der Waals surface area contributed by atoms with Crippen LogP contribution < -0.4 is 0 Å². The molecule has 0 radical (unpaired) electrons. The normalized spacial score (nSPS) is 37.6. The highest BCUT2D eigenvalue weighted by molar-refractivity contribution is 7.09. The van der Waals surface area contributed by atoms with Gasteiger partial charge in [0.25, 0.3) is 0 Å². The van der Waals surface area contributed by atoms with E-state index in [9.17, 15) is 0 Å². The molecule has 0 amide bonds. The van der Waals surface area contributed by atoms with Gasteiger partial charge in [-0.2, -0.15) is 5.26 Å². The third-order valence-electron chi connectivity index (χ3n) is 3.83. The van der Waals surface area contributed by atoms with Crippen molar-refractivity contribution in [2.45, 2.75) is 56.8 Å². The van der Waals surface area contributed by atoms with Crippen LogP contribution in [0.15, 0.2) is 0 Å². The summed E-state index contributed by atoms with van der Waals surface area (Å²) in [5.74, 6) is -0.544. The summed E-state index contributed by atoms with van der Waals surface area (Å²) in [6, 6.07) is 2.50. The molecule has 0 saturated carbocycles. The van der Waals surface area contributed by atoms with Crippen molar-refractivity contribution in [3.8, 4) is 6.07 Å². The van der Waals surface area contributed by atoms with E-state index in [2.05, 4.69) is 20.4 Å². The minimum Gasteiger partial charge on any atom is -0.358 e. The van der Waals surface area contributed by atoms with Gasteiger partial charge in [-0.1, -0.05) is 0 Å². The lowest BCUT2D eigenvalue weighted by atomic mass is 10.0. The van der Waals surface area contributed by atoms with Crippen molar-refractivity contribution in [2.24, 2.45) is 0 Å². The second-order valence-electron chi connectivity index (χ2n) is 5.42. The van der Waals surface area contributed by atoms with E-state index in [0.29, 0.717) is 6.61 Å². The van der Waals surface area contributed by atoms with E-state index in [4.69, 9.17) is 19.3 Å². The van der Waals surface area contributed by atoms with Crippen molar-refractivity contribution < 1.29 is 14.0 Å². The van der Waals surface area contributed by atoms with Crippen molar-refractivity contribution in [1.82, 2.24) is 4.90 Å². The highest BCUT2D eigenvalue weighted by Crippen LogP contribution is 2.33. The number of hydrogen-bond acceptors (Lipinski definition) is 5. The van der Waals surface area contributed by atoms with Crippen LogP contribution in [0, 0.1) is 11.3 Å². The van der Waals surface area contributed by atoms with Crippen LogP contribution in [0.4, 0.5) is 0 Å². The van der Waals surface area contributed by atoms with Crippen molar-refractivity contribution in [1.29, 1.82) is 5.26 Å². The Morgan fingerprint density at radius 2 is 2.22 bits per heavy atom. The molecule has 18 heavy (non-hydrogen) atoms. The van der Waals surface area contributed by atoms with Gasteiger partial charge in [-0.15, -0.1) is 0 Å². The summed E-state index contributed by atoms with van der Waals surface area (Å²) >= 11 is 0. The van der Waals surface area contributed by atoms with Gasteiger partial charge >= 0.3 is 0 Å². The van der Waals surface area contributed by atoms with Gasteiger partial charge in [-0.3, -0.25) is 4.90 Å². The Balaban J connectivity index is 2.04. The molecule has 0 N–H and O–H groups in total. The predicted octanol–water partition coefficient (Wildman–Crippen LogP) is 1.30. The minimum absolute atomic E-state index is 0.0204. The van der Waals surface area contributed by atoms with E-state index in [1.807, 2.05) is 20.9 Å². The van der Waals surface area contributed by atoms with E-state index < -0.39 is 5.79 Å².